The summed E-state index contributed by atoms with van der Waals surface area (Å²) in [6, 6.07) is 7.28. The Bertz CT molecular complexity index is 1190. The van der Waals surface area contributed by atoms with Gasteiger partial charge in [0.15, 0.2) is 10.8 Å². The molecule has 1 aromatic carbocycles. The Morgan fingerprint density at radius 3 is 2.67 bits per heavy atom. The van der Waals surface area contributed by atoms with E-state index in [1.54, 1.807) is 6.20 Å². The summed E-state index contributed by atoms with van der Waals surface area (Å²) in [6.07, 6.45) is 3.38. The van der Waals surface area contributed by atoms with E-state index in [9.17, 15) is 14.7 Å². The van der Waals surface area contributed by atoms with Gasteiger partial charge in [-0.3, -0.25) is 14.7 Å². The average Bonchev–Trinajstić information content (AvgIpc) is 3.39. The number of ether oxygens (including phenoxy) is 2. The highest BCUT2D eigenvalue weighted by molar-refractivity contribution is 9.10. The third-order valence-electron chi connectivity index (χ3n) is 6.94. The number of aliphatic imine (C=N–C) groups is 1. The number of aliphatic carboxylic acids is 1. The van der Waals surface area contributed by atoms with Crippen molar-refractivity contribution < 1.29 is 24.2 Å². The minimum absolute atomic E-state index is 0.0686. The minimum atomic E-state index is -0.766. The Morgan fingerprint density at radius 1 is 1.28 bits per heavy atom. The highest BCUT2D eigenvalue weighted by Gasteiger charge is 2.42. The zero-order valence-corrected chi connectivity index (χ0v) is 22.1. The summed E-state index contributed by atoms with van der Waals surface area (Å²) < 4.78 is 11.9. The first-order valence-corrected chi connectivity index (χ1v) is 13.5. The van der Waals surface area contributed by atoms with Crippen LogP contribution in [0.5, 0.6) is 0 Å². The van der Waals surface area contributed by atoms with Crippen molar-refractivity contribution in [2.75, 3.05) is 26.9 Å². The molecule has 1 aromatic heterocycles. The van der Waals surface area contributed by atoms with Crippen molar-refractivity contribution in [3.05, 3.63) is 62.2 Å². The van der Waals surface area contributed by atoms with Crippen LogP contribution in [0.2, 0.25) is 0 Å². The van der Waals surface area contributed by atoms with Crippen LogP contribution in [0.1, 0.15) is 35.9 Å². The molecule has 0 radical (unpaired) electrons. The SMILES string of the molecule is COC(=O)C1=C(CN2[C@@H]3COC[C@H]2CC(CC(=O)O)C3)NC(c2nccs2)=N[C@H]1c1ccccc1Br. The third-order valence-corrected chi connectivity index (χ3v) is 8.44. The lowest BCUT2D eigenvalue weighted by atomic mass is 9.82. The second-order valence-corrected chi connectivity index (χ2v) is 10.9. The summed E-state index contributed by atoms with van der Waals surface area (Å²) in [5, 5.41) is 15.4. The van der Waals surface area contributed by atoms with Crippen LogP contribution in [0, 0.1) is 5.92 Å². The van der Waals surface area contributed by atoms with Gasteiger partial charge in [0.05, 0.1) is 25.9 Å². The first-order chi connectivity index (χ1) is 17.4. The molecule has 0 amide bonds. The van der Waals surface area contributed by atoms with Crippen molar-refractivity contribution in [1.29, 1.82) is 0 Å². The van der Waals surface area contributed by atoms with Crippen LogP contribution < -0.4 is 5.32 Å². The fourth-order valence-corrected chi connectivity index (χ4v) is 6.49. The summed E-state index contributed by atoms with van der Waals surface area (Å²) in [5.74, 6) is -0.484. The van der Waals surface area contributed by atoms with Gasteiger partial charge in [-0.1, -0.05) is 34.1 Å². The van der Waals surface area contributed by atoms with Crippen LogP contribution in [-0.4, -0.2) is 71.7 Å². The maximum atomic E-state index is 13.2. The molecule has 0 aliphatic carbocycles. The van der Waals surface area contributed by atoms with E-state index in [-0.39, 0.29) is 24.4 Å². The Labute approximate surface area is 221 Å². The van der Waals surface area contributed by atoms with Crippen molar-refractivity contribution in [3.63, 3.8) is 0 Å². The Morgan fingerprint density at radius 2 is 2.03 bits per heavy atom. The molecule has 2 N–H and O–H groups in total. The van der Waals surface area contributed by atoms with Gasteiger partial charge in [-0.2, -0.15) is 0 Å². The Hall–Kier alpha value is -2.60. The number of fused-ring (bicyclic) bond motifs is 2. The highest BCUT2D eigenvalue weighted by Crippen LogP contribution is 2.38. The second kappa shape index (κ2) is 10.8. The van der Waals surface area contributed by atoms with Gasteiger partial charge in [-0.05, 0) is 30.4 Å². The minimum Gasteiger partial charge on any atom is -0.481 e. The molecule has 2 aromatic rings. The fraction of sp³-hybridized carbons (Fsp3) is 0.440. The third kappa shape index (κ3) is 5.10. The molecule has 3 aliphatic rings. The zero-order chi connectivity index (χ0) is 25.2. The van der Waals surface area contributed by atoms with E-state index < -0.39 is 18.0 Å². The number of carbonyl (C=O) groups is 2. The van der Waals surface area contributed by atoms with Crippen molar-refractivity contribution >= 4 is 45.0 Å². The number of carboxylic acids is 1. The number of benzene rings is 1. The summed E-state index contributed by atoms with van der Waals surface area (Å²) in [7, 11) is 1.38. The molecule has 3 aliphatic heterocycles. The van der Waals surface area contributed by atoms with Gasteiger partial charge < -0.3 is 19.9 Å². The topological polar surface area (TPSA) is 113 Å². The average molecular weight is 575 g/mol. The number of hydrogen-bond donors (Lipinski definition) is 2. The maximum Gasteiger partial charge on any atom is 0.338 e. The van der Waals surface area contributed by atoms with Gasteiger partial charge in [-0.15, -0.1) is 11.3 Å². The molecule has 2 bridgehead atoms. The lowest BCUT2D eigenvalue weighted by molar-refractivity contribution is -0.141. The summed E-state index contributed by atoms with van der Waals surface area (Å²) >= 11 is 5.10. The second-order valence-electron chi connectivity index (χ2n) is 9.20. The normalized spacial score (nSPS) is 26.2. The molecule has 9 nitrogen and oxygen atoms in total. The molecule has 2 saturated heterocycles. The number of halogens is 1. The molecular weight excluding hydrogens is 548 g/mol. The summed E-state index contributed by atoms with van der Waals surface area (Å²) in [6.45, 7) is 1.54. The molecule has 36 heavy (non-hydrogen) atoms. The van der Waals surface area contributed by atoms with Gasteiger partial charge in [0.1, 0.15) is 6.04 Å². The first kappa shape index (κ1) is 25.1. The van der Waals surface area contributed by atoms with Crippen LogP contribution in [0.25, 0.3) is 0 Å². The zero-order valence-electron chi connectivity index (χ0n) is 19.7. The Balaban J connectivity index is 1.54. The molecule has 2 fully saturated rings. The van der Waals surface area contributed by atoms with Crippen LogP contribution >= 0.6 is 27.3 Å². The predicted molar refractivity (Wildman–Crippen MR) is 138 cm³/mol. The summed E-state index contributed by atoms with van der Waals surface area (Å²) in [5.41, 5.74) is 2.03. The number of carbonyl (C=O) groups excluding carboxylic acids is 1. The summed E-state index contributed by atoms with van der Waals surface area (Å²) in [4.78, 5) is 36.3. The number of rotatable bonds is 7. The predicted octanol–water partition coefficient (Wildman–Crippen LogP) is 3.38. The quantitative estimate of drug-likeness (QED) is 0.484. The van der Waals surface area contributed by atoms with E-state index in [0.717, 1.165) is 33.6 Å². The van der Waals surface area contributed by atoms with Crippen LogP contribution in [0.4, 0.5) is 0 Å². The number of morpholine rings is 1. The fourth-order valence-electron chi connectivity index (χ4n) is 5.40. The van der Waals surface area contributed by atoms with Crippen LogP contribution in [-0.2, 0) is 19.1 Å². The number of methoxy groups -OCH3 is 1. The largest absolute Gasteiger partial charge is 0.481 e. The highest BCUT2D eigenvalue weighted by atomic mass is 79.9. The number of carboxylic acid groups (broad SMARTS) is 1. The molecule has 5 rings (SSSR count). The number of piperidine rings is 1. The number of hydrogen-bond acceptors (Lipinski definition) is 9. The van der Waals surface area contributed by atoms with Gasteiger partial charge in [-0.25, -0.2) is 9.78 Å². The van der Waals surface area contributed by atoms with Crippen molar-refractivity contribution in [2.24, 2.45) is 10.9 Å². The van der Waals surface area contributed by atoms with Gasteiger partial charge >= 0.3 is 11.9 Å². The van der Waals surface area contributed by atoms with E-state index in [2.05, 4.69) is 31.1 Å². The molecule has 0 spiro atoms. The smallest absolute Gasteiger partial charge is 0.338 e. The molecule has 0 saturated carbocycles. The molecular formula is C25H27BrN4O5S. The van der Waals surface area contributed by atoms with Gasteiger partial charge in [0.2, 0.25) is 0 Å². The van der Waals surface area contributed by atoms with E-state index in [4.69, 9.17) is 14.5 Å². The van der Waals surface area contributed by atoms with Crippen molar-refractivity contribution in [2.45, 2.75) is 37.4 Å². The monoisotopic (exact) mass is 574 g/mol. The number of amidine groups is 1. The number of esters is 1. The van der Waals surface area contributed by atoms with Crippen LogP contribution in [0.15, 0.2) is 56.6 Å². The molecule has 4 atom stereocenters. The van der Waals surface area contributed by atoms with Gasteiger partial charge in [0, 0.05) is 46.8 Å². The maximum absolute atomic E-state index is 13.2. The lowest BCUT2D eigenvalue weighted by Gasteiger charge is -2.49. The first-order valence-electron chi connectivity index (χ1n) is 11.8. The standard InChI is InChI=1S/C25H27BrN4O5S/c1-34-25(33)21-19(11-30-15-8-14(10-20(31)32)9-16(30)13-35-12-15)28-23(24-27-6-7-36-24)29-22(21)17-4-2-3-5-18(17)26/h2-7,14-16,22H,8-13H2,1H3,(H,28,29)(H,31,32)/t14?,15-,16+,22-/m0/s1. The molecule has 4 heterocycles. The van der Waals surface area contributed by atoms with Gasteiger partial charge in [0.25, 0.3) is 0 Å². The molecule has 11 heteroatoms. The van der Waals surface area contributed by atoms with Crippen molar-refractivity contribution in [3.8, 4) is 0 Å². The number of nitrogens with one attached hydrogen (secondary N) is 1. The lowest BCUT2D eigenvalue weighted by Crippen LogP contribution is -2.58. The van der Waals surface area contributed by atoms with E-state index in [0.29, 0.717) is 31.2 Å². The van der Waals surface area contributed by atoms with Crippen LogP contribution in [0.3, 0.4) is 0 Å². The number of aromatic nitrogens is 1. The Kier molecular flexibility index (Phi) is 7.52. The van der Waals surface area contributed by atoms with E-state index >= 15 is 0 Å². The van der Waals surface area contributed by atoms with E-state index in [1.807, 2.05) is 29.6 Å². The molecule has 190 valence electrons. The number of thiazole rings is 1. The number of nitrogens with zero attached hydrogens (tertiary/aromatic N) is 3. The molecule has 1 unspecified atom stereocenters. The van der Waals surface area contributed by atoms with Crippen molar-refractivity contribution in [1.82, 2.24) is 15.2 Å². The van der Waals surface area contributed by atoms with E-state index in [1.165, 1.54) is 18.4 Å².